The molecule has 1 aliphatic rings. The van der Waals surface area contributed by atoms with E-state index in [9.17, 15) is 14.9 Å². The van der Waals surface area contributed by atoms with Crippen LogP contribution >= 0.6 is 0 Å². The zero-order valence-corrected chi connectivity index (χ0v) is 13.5. The number of aryl methyl sites for hydroxylation is 1. The molecule has 0 aliphatic heterocycles. The summed E-state index contributed by atoms with van der Waals surface area (Å²) in [5.74, 6) is -0.196. The van der Waals surface area contributed by atoms with Gasteiger partial charge in [0.25, 0.3) is 5.69 Å². The van der Waals surface area contributed by atoms with Crippen molar-refractivity contribution in [1.82, 2.24) is 0 Å². The molecule has 23 heavy (non-hydrogen) atoms. The third-order valence-corrected chi connectivity index (χ3v) is 4.23. The lowest BCUT2D eigenvalue weighted by Gasteiger charge is -2.11. The second kappa shape index (κ2) is 7.94. The minimum atomic E-state index is -0.758. The number of carbonyl (C=O) groups is 1. The predicted molar refractivity (Wildman–Crippen MR) is 89.0 cm³/mol. The number of benzene rings is 1. The van der Waals surface area contributed by atoms with Gasteiger partial charge < -0.3 is 10.4 Å². The summed E-state index contributed by atoms with van der Waals surface area (Å²) in [7, 11) is 0. The van der Waals surface area contributed by atoms with Gasteiger partial charge in [0.05, 0.1) is 4.92 Å². The lowest BCUT2D eigenvalue weighted by Crippen LogP contribution is -2.06. The van der Waals surface area contributed by atoms with Crippen LogP contribution in [-0.4, -0.2) is 22.5 Å². The summed E-state index contributed by atoms with van der Waals surface area (Å²) in [5.41, 5.74) is 2.96. The minimum Gasteiger partial charge on any atom is -0.481 e. The van der Waals surface area contributed by atoms with Crippen LogP contribution in [0.25, 0.3) is 0 Å². The van der Waals surface area contributed by atoms with E-state index in [1.807, 2.05) is 13.0 Å². The molecule has 0 bridgehead atoms. The number of hydrogen-bond donors (Lipinski definition) is 2. The lowest BCUT2D eigenvalue weighted by atomic mass is 10.0. The monoisotopic (exact) mass is 320 g/mol. The Balaban J connectivity index is 1.87. The van der Waals surface area contributed by atoms with Gasteiger partial charge in [-0.3, -0.25) is 14.9 Å². The third kappa shape index (κ3) is 5.23. The molecule has 0 aromatic heterocycles. The van der Waals surface area contributed by atoms with Crippen molar-refractivity contribution in [1.29, 1.82) is 0 Å². The number of rotatable bonds is 10. The van der Waals surface area contributed by atoms with E-state index in [0.717, 1.165) is 24.8 Å². The van der Waals surface area contributed by atoms with Gasteiger partial charge in [0.15, 0.2) is 0 Å². The summed E-state index contributed by atoms with van der Waals surface area (Å²) in [6, 6.07) is 3.61. The second-order valence-corrected chi connectivity index (χ2v) is 6.24. The van der Waals surface area contributed by atoms with Crippen LogP contribution in [0.1, 0.15) is 62.0 Å². The van der Waals surface area contributed by atoms with Crippen molar-refractivity contribution < 1.29 is 14.8 Å². The number of aliphatic carboxylic acids is 1. The molecule has 0 saturated heterocycles. The average molecular weight is 320 g/mol. The van der Waals surface area contributed by atoms with Crippen LogP contribution in [0.2, 0.25) is 0 Å². The van der Waals surface area contributed by atoms with Gasteiger partial charge in [-0.05, 0) is 55.7 Å². The van der Waals surface area contributed by atoms with Crippen LogP contribution in [0, 0.1) is 17.0 Å². The van der Waals surface area contributed by atoms with Crippen molar-refractivity contribution in [3.63, 3.8) is 0 Å². The number of nitrogens with one attached hydrogen (secondary N) is 1. The van der Waals surface area contributed by atoms with Crippen molar-refractivity contribution >= 4 is 17.3 Å². The van der Waals surface area contributed by atoms with E-state index in [0.29, 0.717) is 24.6 Å². The smallest absolute Gasteiger partial charge is 0.303 e. The highest BCUT2D eigenvalue weighted by Gasteiger charge is 2.27. The summed E-state index contributed by atoms with van der Waals surface area (Å²) in [6.45, 7) is 2.61. The first kappa shape index (κ1) is 17.2. The molecule has 0 radical (unpaired) electrons. The Morgan fingerprint density at radius 1 is 1.30 bits per heavy atom. The molecule has 2 rings (SSSR count). The molecule has 6 nitrogen and oxygen atoms in total. The molecule has 1 aromatic carbocycles. The maximum absolute atomic E-state index is 11.2. The molecule has 6 heteroatoms. The van der Waals surface area contributed by atoms with Gasteiger partial charge in [0, 0.05) is 19.0 Å². The Morgan fingerprint density at radius 3 is 2.61 bits per heavy atom. The van der Waals surface area contributed by atoms with E-state index in [1.54, 1.807) is 6.07 Å². The number of nitrogens with zero attached hydrogens (tertiary/aromatic N) is 1. The van der Waals surface area contributed by atoms with Gasteiger partial charge in [-0.25, -0.2) is 0 Å². The highest BCUT2D eigenvalue weighted by molar-refractivity contribution is 5.66. The quantitative estimate of drug-likeness (QED) is 0.382. The van der Waals surface area contributed by atoms with E-state index in [2.05, 4.69) is 5.32 Å². The first-order chi connectivity index (χ1) is 11.0. The van der Waals surface area contributed by atoms with Gasteiger partial charge in [0.2, 0.25) is 0 Å². The molecule has 2 N–H and O–H groups in total. The van der Waals surface area contributed by atoms with E-state index in [-0.39, 0.29) is 17.0 Å². The fourth-order valence-electron chi connectivity index (χ4n) is 2.81. The Hall–Kier alpha value is -2.11. The maximum atomic E-state index is 11.2. The standard InChI is InChI=1S/C17H24N2O4/c1-12-10-16(19(22)23)15(11-14(12)13-7-8-13)18-9-5-3-2-4-6-17(20)21/h10-11,13,18H,2-9H2,1H3,(H,20,21). The lowest BCUT2D eigenvalue weighted by molar-refractivity contribution is -0.384. The highest BCUT2D eigenvalue weighted by atomic mass is 16.6. The normalized spacial score (nSPS) is 13.8. The van der Waals surface area contributed by atoms with Crippen molar-refractivity contribution in [2.24, 2.45) is 0 Å². The van der Waals surface area contributed by atoms with E-state index >= 15 is 0 Å². The van der Waals surface area contributed by atoms with Crippen LogP contribution in [-0.2, 0) is 4.79 Å². The van der Waals surface area contributed by atoms with E-state index in [4.69, 9.17) is 5.11 Å². The molecule has 1 saturated carbocycles. The maximum Gasteiger partial charge on any atom is 0.303 e. The number of unbranched alkanes of at least 4 members (excludes halogenated alkanes) is 3. The highest BCUT2D eigenvalue weighted by Crippen LogP contribution is 2.44. The zero-order valence-electron chi connectivity index (χ0n) is 13.5. The molecule has 0 amide bonds. The number of anilines is 1. The number of carboxylic acids is 1. The molecule has 0 heterocycles. The van der Waals surface area contributed by atoms with Crippen LogP contribution in [0.5, 0.6) is 0 Å². The molecular formula is C17H24N2O4. The SMILES string of the molecule is Cc1cc([N+](=O)[O-])c(NCCCCCCC(=O)O)cc1C1CC1. The van der Waals surface area contributed by atoms with Crippen LogP contribution in [0.3, 0.4) is 0 Å². The second-order valence-electron chi connectivity index (χ2n) is 6.24. The third-order valence-electron chi connectivity index (χ3n) is 4.23. The number of nitro benzene ring substituents is 1. The number of hydrogen-bond acceptors (Lipinski definition) is 4. The largest absolute Gasteiger partial charge is 0.481 e. The summed E-state index contributed by atoms with van der Waals surface area (Å²) >= 11 is 0. The first-order valence-electron chi connectivity index (χ1n) is 8.23. The minimum absolute atomic E-state index is 0.137. The Morgan fingerprint density at radius 2 is 2.00 bits per heavy atom. The zero-order chi connectivity index (χ0) is 16.8. The molecule has 1 aromatic rings. The van der Waals surface area contributed by atoms with Gasteiger partial charge in [-0.15, -0.1) is 0 Å². The molecule has 1 fully saturated rings. The summed E-state index contributed by atoms with van der Waals surface area (Å²) < 4.78 is 0. The molecule has 0 spiro atoms. The molecule has 0 unspecified atom stereocenters. The van der Waals surface area contributed by atoms with Gasteiger partial charge >= 0.3 is 5.97 Å². The molecule has 1 aliphatic carbocycles. The van der Waals surface area contributed by atoms with Gasteiger partial charge in [0.1, 0.15) is 5.69 Å². The van der Waals surface area contributed by atoms with Crippen molar-refractivity contribution in [3.8, 4) is 0 Å². The van der Waals surface area contributed by atoms with Crippen molar-refractivity contribution in [2.75, 3.05) is 11.9 Å². The predicted octanol–water partition coefficient (Wildman–Crippen LogP) is 4.23. The average Bonchev–Trinajstić information content (AvgIpc) is 3.31. The topological polar surface area (TPSA) is 92.5 Å². The molecule has 0 atom stereocenters. The molecular weight excluding hydrogens is 296 g/mol. The summed E-state index contributed by atoms with van der Waals surface area (Å²) in [4.78, 5) is 21.3. The number of carboxylic acid groups (broad SMARTS) is 1. The van der Waals surface area contributed by atoms with E-state index < -0.39 is 5.97 Å². The Bertz CT molecular complexity index is 582. The Kier molecular flexibility index (Phi) is 5.96. The van der Waals surface area contributed by atoms with Crippen molar-refractivity contribution in [2.45, 2.75) is 57.8 Å². The fourth-order valence-corrected chi connectivity index (χ4v) is 2.81. The number of nitro groups is 1. The Labute approximate surface area is 136 Å². The first-order valence-corrected chi connectivity index (χ1v) is 8.23. The van der Waals surface area contributed by atoms with Gasteiger partial charge in [-0.1, -0.05) is 12.8 Å². The fraction of sp³-hybridized carbons (Fsp3) is 0.588. The van der Waals surface area contributed by atoms with Crippen LogP contribution in [0.15, 0.2) is 12.1 Å². The van der Waals surface area contributed by atoms with Crippen molar-refractivity contribution in [3.05, 3.63) is 33.4 Å². The van der Waals surface area contributed by atoms with Gasteiger partial charge in [-0.2, -0.15) is 0 Å². The summed E-state index contributed by atoms with van der Waals surface area (Å²) in [6.07, 6.45) is 5.91. The molecule has 126 valence electrons. The van der Waals surface area contributed by atoms with Crippen LogP contribution in [0.4, 0.5) is 11.4 Å². The summed E-state index contributed by atoms with van der Waals surface area (Å²) in [5, 5.41) is 23.0. The van der Waals surface area contributed by atoms with Crippen LogP contribution < -0.4 is 5.32 Å². The van der Waals surface area contributed by atoms with E-state index in [1.165, 1.54) is 18.4 Å².